The lowest BCUT2D eigenvalue weighted by Crippen LogP contribution is -2.22. The van der Waals surface area contributed by atoms with Crippen molar-refractivity contribution in [2.75, 3.05) is 6.54 Å². The first-order valence-corrected chi connectivity index (χ1v) is 7.73. The first-order chi connectivity index (χ1) is 9.79. The Morgan fingerprint density at radius 1 is 1.25 bits per heavy atom. The molecule has 3 heteroatoms. The highest BCUT2D eigenvalue weighted by Crippen LogP contribution is 2.37. The van der Waals surface area contributed by atoms with Crippen LogP contribution in [0, 0.1) is 0 Å². The van der Waals surface area contributed by atoms with E-state index in [2.05, 4.69) is 36.5 Å². The summed E-state index contributed by atoms with van der Waals surface area (Å²) in [6, 6.07) is 11.0. The number of hydrogen-bond acceptors (Lipinski definition) is 2. The van der Waals surface area contributed by atoms with Crippen LogP contribution in [-0.4, -0.2) is 6.54 Å². The third-order valence-electron chi connectivity index (χ3n) is 4.21. The highest BCUT2D eigenvalue weighted by atomic mass is 35.5. The van der Waals surface area contributed by atoms with E-state index in [1.165, 1.54) is 30.4 Å². The van der Waals surface area contributed by atoms with Crippen molar-refractivity contribution >= 4 is 11.6 Å². The van der Waals surface area contributed by atoms with E-state index < -0.39 is 0 Å². The van der Waals surface area contributed by atoms with Crippen molar-refractivity contribution in [1.82, 2.24) is 5.32 Å². The van der Waals surface area contributed by atoms with Crippen LogP contribution in [0.25, 0.3) is 0 Å². The molecule has 1 N–H and O–H groups in total. The minimum absolute atomic E-state index is 0.0988. The average molecular weight is 290 g/mol. The lowest BCUT2D eigenvalue weighted by Gasteiger charge is -2.26. The van der Waals surface area contributed by atoms with Gasteiger partial charge >= 0.3 is 0 Å². The van der Waals surface area contributed by atoms with E-state index in [4.69, 9.17) is 16.0 Å². The van der Waals surface area contributed by atoms with Gasteiger partial charge in [0.1, 0.15) is 0 Å². The van der Waals surface area contributed by atoms with Crippen LogP contribution in [0.3, 0.4) is 0 Å². The van der Waals surface area contributed by atoms with E-state index in [1.807, 2.05) is 6.07 Å². The summed E-state index contributed by atoms with van der Waals surface area (Å²) in [7, 11) is 0. The average Bonchev–Trinajstić information content (AvgIpc) is 2.81. The lowest BCUT2D eigenvalue weighted by atomic mass is 9.79. The van der Waals surface area contributed by atoms with E-state index in [1.54, 1.807) is 6.26 Å². The van der Waals surface area contributed by atoms with E-state index in [-0.39, 0.29) is 6.04 Å². The van der Waals surface area contributed by atoms with Crippen LogP contribution in [0.4, 0.5) is 0 Å². The van der Waals surface area contributed by atoms with E-state index in [9.17, 15) is 0 Å². The van der Waals surface area contributed by atoms with Crippen molar-refractivity contribution in [3.05, 3.63) is 58.5 Å². The van der Waals surface area contributed by atoms with Crippen molar-refractivity contribution in [3.8, 4) is 0 Å². The van der Waals surface area contributed by atoms with Crippen LogP contribution in [0.15, 0.2) is 41.0 Å². The molecule has 1 aromatic heterocycles. The van der Waals surface area contributed by atoms with Gasteiger partial charge in [0, 0.05) is 5.56 Å². The maximum Gasteiger partial charge on any atom is 0.198 e. The summed E-state index contributed by atoms with van der Waals surface area (Å²) in [5.74, 6) is 0.777. The summed E-state index contributed by atoms with van der Waals surface area (Å²) in [4.78, 5) is 0. The zero-order valence-electron chi connectivity index (χ0n) is 11.7. The molecule has 106 valence electrons. The predicted octanol–water partition coefficient (Wildman–Crippen LogP) is 4.90. The highest BCUT2D eigenvalue weighted by Gasteiger charge is 2.21. The summed E-state index contributed by atoms with van der Waals surface area (Å²) < 4.78 is 5.23. The molecule has 2 aromatic rings. The zero-order valence-corrected chi connectivity index (χ0v) is 12.5. The highest BCUT2D eigenvalue weighted by molar-refractivity contribution is 6.29. The van der Waals surface area contributed by atoms with Gasteiger partial charge in [-0.05, 0) is 54.1 Å². The third-order valence-corrected chi connectivity index (χ3v) is 4.52. The van der Waals surface area contributed by atoms with Crippen LogP contribution in [0.5, 0.6) is 0 Å². The van der Waals surface area contributed by atoms with Gasteiger partial charge in [-0.3, -0.25) is 0 Å². The Hall–Kier alpha value is -1.25. The molecule has 3 rings (SSSR count). The van der Waals surface area contributed by atoms with Gasteiger partial charge in [-0.2, -0.15) is 0 Å². The Balaban J connectivity index is 1.85. The van der Waals surface area contributed by atoms with Crippen LogP contribution in [-0.2, 0) is 0 Å². The Morgan fingerprint density at radius 3 is 2.50 bits per heavy atom. The molecule has 1 unspecified atom stereocenters. The molecule has 20 heavy (non-hydrogen) atoms. The summed E-state index contributed by atoms with van der Waals surface area (Å²) in [6.07, 6.45) is 5.69. The largest absolute Gasteiger partial charge is 0.453 e. The first-order valence-electron chi connectivity index (χ1n) is 7.35. The maximum absolute atomic E-state index is 6.13. The second-order valence-corrected chi connectivity index (χ2v) is 5.78. The molecule has 0 bridgehead atoms. The fourth-order valence-corrected chi connectivity index (χ4v) is 3.05. The van der Waals surface area contributed by atoms with Crippen LogP contribution >= 0.6 is 11.6 Å². The molecule has 0 amide bonds. The van der Waals surface area contributed by atoms with Crippen LogP contribution in [0.2, 0.25) is 5.22 Å². The van der Waals surface area contributed by atoms with Crippen molar-refractivity contribution < 1.29 is 4.42 Å². The molecule has 1 aliphatic carbocycles. The Morgan fingerprint density at radius 2 is 2.00 bits per heavy atom. The molecule has 1 aromatic carbocycles. The monoisotopic (exact) mass is 289 g/mol. The number of nitrogens with one attached hydrogen (secondary N) is 1. The molecule has 1 aliphatic rings. The molecule has 1 saturated carbocycles. The Bertz CT molecular complexity index is 557. The third kappa shape index (κ3) is 2.63. The molecule has 1 fully saturated rings. The topological polar surface area (TPSA) is 25.2 Å². The van der Waals surface area contributed by atoms with Gasteiger partial charge in [0.2, 0.25) is 0 Å². The molecule has 0 radical (unpaired) electrons. The Labute approximate surface area is 125 Å². The summed E-state index contributed by atoms with van der Waals surface area (Å²) >= 11 is 6.13. The summed E-state index contributed by atoms with van der Waals surface area (Å²) in [5, 5.41) is 3.95. The number of hydrogen-bond donors (Lipinski definition) is 1. The molecule has 1 heterocycles. The number of furan rings is 1. The van der Waals surface area contributed by atoms with Gasteiger partial charge < -0.3 is 9.73 Å². The molecule has 2 nitrogen and oxygen atoms in total. The van der Waals surface area contributed by atoms with Gasteiger partial charge in [-0.25, -0.2) is 0 Å². The zero-order chi connectivity index (χ0) is 13.9. The predicted molar refractivity (Wildman–Crippen MR) is 82.3 cm³/mol. The number of rotatable bonds is 5. The van der Waals surface area contributed by atoms with Gasteiger partial charge in [0.25, 0.3) is 0 Å². The minimum atomic E-state index is 0.0988. The molecule has 0 spiro atoms. The van der Waals surface area contributed by atoms with Crippen LogP contribution < -0.4 is 5.32 Å². The maximum atomic E-state index is 6.13. The molecular weight excluding hydrogens is 270 g/mol. The number of halogens is 1. The van der Waals surface area contributed by atoms with E-state index in [0.717, 1.165) is 18.0 Å². The fraction of sp³-hybridized carbons (Fsp3) is 0.412. The van der Waals surface area contributed by atoms with Crippen molar-refractivity contribution in [2.24, 2.45) is 0 Å². The van der Waals surface area contributed by atoms with Gasteiger partial charge in [-0.15, -0.1) is 0 Å². The van der Waals surface area contributed by atoms with Crippen LogP contribution in [0.1, 0.15) is 54.8 Å². The minimum Gasteiger partial charge on any atom is -0.453 e. The molecule has 0 saturated heterocycles. The molecular formula is C17H20ClNO. The quantitative estimate of drug-likeness (QED) is 0.847. The van der Waals surface area contributed by atoms with Gasteiger partial charge in [-0.1, -0.05) is 37.6 Å². The lowest BCUT2D eigenvalue weighted by molar-refractivity contribution is 0.419. The van der Waals surface area contributed by atoms with Crippen molar-refractivity contribution in [1.29, 1.82) is 0 Å². The van der Waals surface area contributed by atoms with Gasteiger partial charge in [0.05, 0.1) is 12.3 Å². The smallest absolute Gasteiger partial charge is 0.198 e. The van der Waals surface area contributed by atoms with Gasteiger partial charge in [0.15, 0.2) is 5.22 Å². The molecule has 0 aliphatic heterocycles. The Kier molecular flexibility index (Phi) is 4.13. The normalized spacial score (nSPS) is 16.9. The number of benzene rings is 1. The van der Waals surface area contributed by atoms with E-state index >= 15 is 0 Å². The molecule has 1 atom stereocenters. The first kappa shape index (κ1) is 13.7. The van der Waals surface area contributed by atoms with Crippen molar-refractivity contribution in [2.45, 2.75) is 38.1 Å². The fourth-order valence-electron chi connectivity index (χ4n) is 2.82. The SMILES string of the molecule is CCNC(c1ccc(C2CCC2)cc1)c1ccoc1Cl. The second kappa shape index (κ2) is 6.02. The summed E-state index contributed by atoms with van der Waals surface area (Å²) in [5.41, 5.74) is 3.71. The van der Waals surface area contributed by atoms with Crippen molar-refractivity contribution in [3.63, 3.8) is 0 Å². The van der Waals surface area contributed by atoms with E-state index in [0.29, 0.717) is 5.22 Å². The summed E-state index contributed by atoms with van der Waals surface area (Å²) in [6.45, 7) is 2.99. The standard InChI is InChI=1S/C17H20ClNO/c1-2-19-16(15-10-11-20-17(15)18)14-8-6-13(7-9-14)12-4-3-5-12/h6-12,16,19H,2-5H2,1H3. The second-order valence-electron chi connectivity index (χ2n) is 5.43.